The predicted molar refractivity (Wildman–Crippen MR) is 96.3 cm³/mol. The number of rotatable bonds is 6. The van der Waals surface area contributed by atoms with Crippen LogP contribution in [0.15, 0.2) is 30.5 Å². The van der Waals surface area contributed by atoms with Crippen LogP contribution in [0.3, 0.4) is 0 Å². The number of carbonyl (C=O) groups excluding carboxylic acids is 1. The molecule has 1 aliphatic rings. The third kappa shape index (κ3) is 5.35. The van der Waals surface area contributed by atoms with Crippen molar-refractivity contribution in [2.75, 3.05) is 25.1 Å². The van der Waals surface area contributed by atoms with Gasteiger partial charge in [0.25, 0.3) is 0 Å². The van der Waals surface area contributed by atoms with Crippen LogP contribution in [0.5, 0.6) is 6.01 Å². The van der Waals surface area contributed by atoms with Crippen molar-refractivity contribution < 1.29 is 18.3 Å². The Morgan fingerprint density at radius 2 is 1.96 bits per heavy atom. The summed E-state index contributed by atoms with van der Waals surface area (Å²) in [7, 11) is 1.53. The zero-order valence-electron chi connectivity index (χ0n) is 15.1. The molecule has 1 N–H and O–H groups in total. The molecule has 1 amide bonds. The van der Waals surface area contributed by atoms with Crippen LogP contribution >= 0.6 is 0 Å². The van der Waals surface area contributed by atoms with E-state index < -0.39 is 11.6 Å². The third-order valence-electron chi connectivity index (χ3n) is 4.63. The highest BCUT2D eigenvalue weighted by Gasteiger charge is 2.22. The number of anilines is 1. The molecule has 0 atom stereocenters. The van der Waals surface area contributed by atoms with E-state index in [-0.39, 0.29) is 18.4 Å². The maximum absolute atomic E-state index is 13.2. The van der Waals surface area contributed by atoms with Crippen LogP contribution in [-0.2, 0) is 11.3 Å². The Morgan fingerprint density at radius 1 is 1.26 bits per heavy atom. The fraction of sp³-hybridized carbons (Fsp3) is 0.421. The predicted octanol–water partition coefficient (Wildman–Crippen LogP) is 2.69. The van der Waals surface area contributed by atoms with E-state index in [4.69, 9.17) is 4.74 Å². The van der Waals surface area contributed by atoms with Crippen molar-refractivity contribution in [1.82, 2.24) is 15.3 Å². The highest BCUT2D eigenvalue weighted by atomic mass is 19.1. The van der Waals surface area contributed by atoms with Gasteiger partial charge in [0.1, 0.15) is 17.5 Å². The average Bonchev–Trinajstić information content (AvgIpc) is 2.66. The number of piperidine rings is 1. The molecule has 1 aromatic heterocycles. The molecule has 2 aromatic rings. The first-order valence-corrected chi connectivity index (χ1v) is 8.87. The maximum Gasteiger partial charge on any atom is 0.318 e. The van der Waals surface area contributed by atoms with Crippen LogP contribution < -0.4 is 15.0 Å². The molecule has 8 heteroatoms. The Morgan fingerprint density at radius 3 is 2.63 bits per heavy atom. The molecule has 6 nitrogen and oxygen atoms in total. The number of hydrogen-bond acceptors (Lipinski definition) is 5. The molecule has 144 valence electrons. The van der Waals surface area contributed by atoms with E-state index in [2.05, 4.69) is 20.2 Å². The van der Waals surface area contributed by atoms with Crippen LogP contribution in [0.1, 0.15) is 24.8 Å². The number of nitrogens with one attached hydrogen (secondary N) is 1. The van der Waals surface area contributed by atoms with Crippen LogP contribution in [0.2, 0.25) is 0 Å². The molecule has 0 radical (unpaired) electrons. The van der Waals surface area contributed by atoms with E-state index in [9.17, 15) is 13.6 Å². The summed E-state index contributed by atoms with van der Waals surface area (Å²) < 4.78 is 31.4. The van der Waals surface area contributed by atoms with E-state index in [1.54, 1.807) is 6.20 Å². The number of nitrogens with zero attached hydrogens (tertiary/aromatic N) is 3. The molecule has 3 rings (SSSR count). The largest absolute Gasteiger partial charge is 0.467 e. The lowest BCUT2D eigenvalue weighted by molar-refractivity contribution is -0.122. The van der Waals surface area contributed by atoms with Crippen molar-refractivity contribution in [3.63, 3.8) is 0 Å². The van der Waals surface area contributed by atoms with Gasteiger partial charge in [-0.3, -0.25) is 4.79 Å². The minimum Gasteiger partial charge on any atom is -0.467 e. The molecule has 1 saturated heterocycles. The van der Waals surface area contributed by atoms with Crippen molar-refractivity contribution in [2.45, 2.75) is 25.8 Å². The van der Waals surface area contributed by atoms with Gasteiger partial charge in [0.05, 0.1) is 7.11 Å². The zero-order chi connectivity index (χ0) is 19.2. The zero-order valence-corrected chi connectivity index (χ0v) is 15.1. The average molecular weight is 376 g/mol. The van der Waals surface area contributed by atoms with Crippen molar-refractivity contribution in [3.05, 3.63) is 47.7 Å². The summed E-state index contributed by atoms with van der Waals surface area (Å²) >= 11 is 0. The molecule has 2 heterocycles. The van der Waals surface area contributed by atoms with Crippen molar-refractivity contribution in [1.29, 1.82) is 0 Å². The van der Waals surface area contributed by atoms with Gasteiger partial charge in [-0.15, -0.1) is 0 Å². The molecule has 0 saturated carbocycles. The monoisotopic (exact) mass is 376 g/mol. The molecule has 0 bridgehead atoms. The summed E-state index contributed by atoms with van der Waals surface area (Å²) in [4.78, 5) is 22.6. The highest BCUT2D eigenvalue weighted by Crippen LogP contribution is 2.24. The second-order valence-corrected chi connectivity index (χ2v) is 6.59. The molecular weight excluding hydrogens is 354 g/mol. The number of aromatic nitrogens is 2. The van der Waals surface area contributed by atoms with Gasteiger partial charge in [-0.1, -0.05) is 0 Å². The number of hydrogen-bond donors (Lipinski definition) is 1. The SMILES string of the molecule is COc1nccc(N2CCC(CC(=O)NCc3cc(F)cc(F)c3)CC2)n1. The van der Waals surface area contributed by atoms with Gasteiger partial charge < -0.3 is 15.0 Å². The first-order valence-electron chi connectivity index (χ1n) is 8.87. The second kappa shape index (κ2) is 8.75. The van der Waals surface area contributed by atoms with Crippen molar-refractivity contribution >= 4 is 11.7 Å². The number of halogens is 2. The van der Waals surface area contributed by atoms with Gasteiger partial charge in [-0.2, -0.15) is 4.98 Å². The molecule has 0 spiro atoms. The number of ether oxygens (including phenoxy) is 1. The normalized spacial score (nSPS) is 14.9. The van der Waals surface area contributed by atoms with E-state index in [0.29, 0.717) is 18.0 Å². The fourth-order valence-electron chi connectivity index (χ4n) is 3.22. The summed E-state index contributed by atoms with van der Waals surface area (Å²) in [6.45, 7) is 1.72. The minimum atomic E-state index is -0.645. The lowest BCUT2D eigenvalue weighted by Gasteiger charge is -2.32. The van der Waals surface area contributed by atoms with E-state index >= 15 is 0 Å². The van der Waals surface area contributed by atoms with Crippen molar-refractivity contribution in [2.24, 2.45) is 5.92 Å². The number of methoxy groups -OCH3 is 1. The van der Waals surface area contributed by atoms with Crippen molar-refractivity contribution in [3.8, 4) is 6.01 Å². The van der Waals surface area contributed by atoms with E-state index in [0.717, 1.165) is 37.8 Å². The summed E-state index contributed by atoms with van der Waals surface area (Å²) in [6.07, 6.45) is 3.80. The first kappa shape index (κ1) is 19.0. The third-order valence-corrected chi connectivity index (χ3v) is 4.63. The topological polar surface area (TPSA) is 67.3 Å². The molecule has 1 aliphatic heterocycles. The van der Waals surface area contributed by atoms with E-state index in [1.165, 1.54) is 19.2 Å². The molecule has 27 heavy (non-hydrogen) atoms. The summed E-state index contributed by atoms with van der Waals surface area (Å²) in [6, 6.07) is 5.43. The summed E-state index contributed by atoms with van der Waals surface area (Å²) in [5, 5.41) is 2.74. The molecular formula is C19H22F2N4O2. The van der Waals surface area contributed by atoms with Crippen LogP contribution in [0.4, 0.5) is 14.6 Å². The van der Waals surface area contributed by atoms with Gasteiger partial charge in [0.2, 0.25) is 5.91 Å². The highest BCUT2D eigenvalue weighted by molar-refractivity contribution is 5.76. The molecule has 1 aromatic carbocycles. The maximum atomic E-state index is 13.2. The fourth-order valence-corrected chi connectivity index (χ4v) is 3.22. The Kier molecular flexibility index (Phi) is 6.16. The van der Waals surface area contributed by atoms with Gasteiger partial charge in [0.15, 0.2) is 0 Å². The van der Waals surface area contributed by atoms with Gasteiger partial charge >= 0.3 is 6.01 Å². The van der Waals surface area contributed by atoms with Crippen LogP contribution in [-0.4, -0.2) is 36.1 Å². The Balaban J connectivity index is 1.45. The van der Waals surface area contributed by atoms with Crippen LogP contribution in [0.25, 0.3) is 0 Å². The molecule has 0 unspecified atom stereocenters. The minimum absolute atomic E-state index is 0.109. The molecule has 0 aliphatic carbocycles. The summed E-state index contributed by atoms with van der Waals surface area (Å²) in [5.74, 6) is -0.310. The smallest absolute Gasteiger partial charge is 0.318 e. The summed E-state index contributed by atoms with van der Waals surface area (Å²) in [5.41, 5.74) is 0.411. The van der Waals surface area contributed by atoms with Gasteiger partial charge in [-0.25, -0.2) is 13.8 Å². The van der Waals surface area contributed by atoms with E-state index in [1.807, 2.05) is 6.07 Å². The lowest BCUT2D eigenvalue weighted by Crippen LogP contribution is -2.36. The molecule has 1 fully saturated rings. The lowest BCUT2D eigenvalue weighted by atomic mass is 9.93. The Labute approximate surface area is 156 Å². The van der Waals surface area contributed by atoms with Gasteiger partial charge in [-0.05, 0) is 42.5 Å². The standard InChI is InChI=1S/C19H22F2N4O2/c1-27-19-22-5-2-17(24-19)25-6-3-13(4-7-25)10-18(26)23-12-14-8-15(20)11-16(21)9-14/h2,5,8-9,11,13H,3-4,6-7,10,12H2,1H3,(H,23,26). The second-order valence-electron chi connectivity index (χ2n) is 6.59. The Bertz CT molecular complexity index is 775. The Hall–Kier alpha value is -2.77. The number of amides is 1. The quantitative estimate of drug-likeness (QED) is 0.840. The van der Waals surface area contributed by atoms with Gasteiger partial charge in [0, 0.05) is 38.3 Å². The van der Waals surface area contributed by atoms with Crippen LogP contribution in [0, 0.1) is 17.6 Å². The number of benzene rings is 1. The first-order chi connectivity index (χ1) is 13.0. The number of carbonyl (C=O) groups is 1.